The largest absolute Gasteiger partial charge is 0.391 e. The van der Waals surface area contributed by atoms with E-state index in [-0.39, 0.29) is 11.6 Å². The van der Waals surface area contributed by atoms with Crippen LogP contribution in [0.1, 0.15) is 25.7 Å². The van der Waals surface area contributed by atoms with Gasteiger partial charge in [0.15, 0.2) is 0 Å². The SMILES string of the molecule is OC1CCCC12CCN2. The third-order valence-corrected chi connectivity index (χ3v) is 2.79. The Bertz CT molecular complexity index is 120. The molecule has 0 aromatic heterocycles. The molecule has 2 N–H and O–H groups in total. The molecule has 0 bridgehead atoms. The van der Waals surface area contributed by atoms with Crippen LogP contribution in [0, 0.1) is 0 Å². The standard InChI is InChI=1S/C7H13NO/c9-6-2-1-3-7(6)4-5-8-7/h6,8-9H,1-5H2. The molecule has 9 heavy (non-hydrogen) atoms. The normalized spacial score (nSPS) is 49.7. The van der Waals surface area contributed by atoms with Gasteiger partial charge in [-0.15, -0.1) is 0 Å². The number of hydrogen-bond acceptors (Lipinski definition) is 2. The third-order valence-electron chi connectivity index (χ3n) is 2.79. The summed E-state index contributed by atoms with van der Waals surface area (Å²) in [5.41, 5.74) is 0.181. The van der Waals surface area contributed by atoms with Crippen LogP contribution in [0.5, 0.6) is 0 Å². The van der Waals surface area contributed by atoms with Crippen LogP contribution in [0.15, 0.2) is 0 Å². The van der Waals surface area contributed by atoms with Crippen molar-refractivity contribution in [3.8, 4) is 0 Å². The van der Waals surface area contributed by atoms with E-state index in [9.17, 15) is 5.11 Å². The second-order valence-electron chi connectivity index (χ2n) is 3.24. The van der Waals surface area contributed by atoms with Crippen LogP contribution >= 0.6 is 0 Å². The van der Waals surface area contributed by atoms with E-state index in [1.54, 1.807) is 0 Å². The number of hydrogen-bond donors (Lipinski definition) is 2. The summed E-state index contributed by atoms with van der Waals surface area (Å²) < 4.78 is 0. The zero-order chi connectivity index (χ0) is 6.32. The van der Waals surface area contributed by atoms with Gasteiger partial charge in [0.1, 0.15) is 0 Å². The van der Waals surface area contributed by atoms with E-state index in [0.717, 1.165) is 13.0 Å². The van der Waals surface area contributed by atoms with Gasteiger partial charge in [-0.2, -0.15) is 0 Å². The summed E-state index contributed by atoms with van der Waals surface area (Å²) in [5, 5.41) is 12.8. The van der Waals surface area contributed by atoms with E-state index in [1.807, 2.05) is 0 Å². The monoisotopic (exact) mass is 127 g/mol. The van der Waals surface area contributed by atoms with Gasteiger partial charge in [-0.05, 0) is 32.2 Å². The highest BCUT2D eigenvalue weighted by Crippen LogP contribution is 2.36. The minimum Gasteiger partial charge on any atom is -0.391 e. The average Bonchev–Trinajstić information content (AvgIpc) is 2.07. The van der Waals surface area contributed by atoms with Gasteiger partial charge >= 0.3 is 0 Å². The van der Waals surface area contributed by atoms with Crippen molar-refractivity contribution in [3.05, 3.63) is 0 Å². The fourth-order valence-corrected chi connectivity index (χ4v) is 2.00. The summed E-state index contributed by atoms with van der Waals surface area (Å²) in [5.74, 6) is 0. The fourth-order valence-electron chi connectivity index (χ4n) is 2.00. The molecule has 2 atom stereocenters. The van der Waals surface area contributed by atoms with Gasteiger partial charge in [0.05, 0.1) is 6.10 Å². The van der Waals surface area contributed by atoms with Crippen LogP contribution < -0.4 is 5.32 Å². The molecule has 2 heteroatoms. The first-order valence-electron chi connectivity index (χ1n) is 3.77. The predicted octanol–water partition coefficient (Wildman–Crippen LogP) is 0.263. The predicted molar refractivity (Wildman–Crippen MR) is 35.2 cm³/mol. The maximum Gasteiger partial charge on any atom is 0.0722 e. The first-order chi connectivity index (χ1) is 4.33. The van der Waals surface area contributed by atoms with Crippen molar-refractivity contribution in [2.75, 3.05) is 6.54 Å². The summed E-state index contributed by atoms with van der Waals surface area (Å²) in [4.78, 5) is 0. The number of nitrogens with one attached hydrogen (secondary N) is 1. The molecule has 2 nitrogen and oxygen atoms in total. The van der Waals surface area contributed by atoms with Crippen molar-refractivity contribution in [2.24, 2.45) is 0 Å². The van der Waals surface area contributed by atoms with Crippen LogP contribution in [-0.2, 0) is 0 Å². The number of aliphatic hydroxyl groups excluding tert-OH is 1. The van der Waals surface area contributed by atoms with Crippen molar-refractivity contribution in [1.29, 1.82) is 0 Å². The lowest BCUT2D eigenvalue weighted by Crippen LogP contribution is -2.61. The molecule has 1 heterocycles. The lowest BCUT2D eigenvalue weighted by molar-refractivity contribution is 0.0416. The molecule has 0 radical (unpaired) electrons. The molecule has 52 valence electrons. The molecule has 0 aromatic carbocycles. The topological polar surface area (TPSA) is 32.3 Å². The maximum absolute atomic E-state index is 9.44. The van der Waals surface area contributed by atoms with Crippen LogP contribution in [0.3, 0.4) is 0 Å². The first kappa shape index (κ1) is 5.69. The molecular formula is C7H13NO. The Labute approximate surface area is 55.3 Å². The molecule has 0 aromatic rings. The first-order valence-corrected chi connectivity index (χ1v) is 3.77. The van der Waals surface area contributed by atoms with E-state index in [4.69, 9.17) is 0 Å². The Hall–Kier alpha value is -0.0800. The van der Waals surface area contributed by atoms with Gasteiger partial charge in [-0.25, -0.2) is 0 Å². The summed E-state index contributed by atoms with van der Waals surface area (Å²) in [6.07, 6.45) is 4.54. The molecule has 2 fully saturated rings. The summed E-state index contributed by atoms with van der Waals surface area (Å²) in [6.45, 7) is 1.11. The van der Waals surface area contributed by atoms with Crippen molar-refractivity contribution >= 4 is 0 Å². The van der Waals surface area contributed by atoms with Crippen LogP contribution in [0.2, 0.25) is 0 Å². The third kappa shape index (κ3) is 0.634. The van der Waals surface area contributed by atoms with Gasteiger partial charge in [-0.1, -0.05) is 0 Å². The molecule has 1 saturated carbocycles. The van der Waals surface area contributed by atoms with Crippen LogP contribution in [-0.4, -0.2) is 23.3 Å². The van der Waals surface area contributed by atoms with Gasteiger partial charge < -0.3 is 10.4 Å². The Kier molecular flexibility index (Phi) is 1.08. The van der Waals surface area contributed by atoms with Crippen molar-refractivity contribution < 1.29 is 5.11 Å². The zero-order valence-electron chi connectivity index (χ0n) is 5.56. The molecule has 1 aliphatic heterocycles. The molecule has 1 spiro atoms. The highest BCUT2D eigenvalue weighted by atomic mass is 16.3. The summed E-state index contributed by atoms with van der Waals surface area (Å²) >= 11 is 0. The van der Waals surface area contributed by atoms with Gasteiger partial charge in [0.25, 0.3) is 0 Å². The zero-order valence-corrected chi connectivity index (χ0v) is 5.56. The molecule has 2 rings (SSSR count). The van der Waals surface area contributed by atoms with E-state index < -0.39 is 0 Å². The smallest absolute Gasteiger partial charge is 0.0722 e. The van der Waals surface area contributed by atoms with Gasteiger partial charge in [0, 0.05) is 5.54 Å². The Morgan fingerprint density at radius 2 is 2.22 bits per heavy atom. The van der Waals surface area contributed by atoms with Crippen molar-refractivity contribution in [2.45, 2.75) is 37.3 Å². The van der Waals surface area contributed by atoms with Crippen molar-refractivity contribution in [1.82, 2.24) is 5.32 Å². The molecule has 2 unspecified atom stereocenters. The van der Waals surface area contributed by atoms with E-state index in [1.165, 1.54) is 19.3 Å². The quantitative estimate of drug-likeness (QED) is 0.489. The summed E-state index contributed by atoms with van der Waals surface area (Å²) in [6, 6.07) is 0. The second-order valence-corrected chi connectivity index (χ2v) is 3.24. The number of aliphatic hydroxyl groups is 1. The lowest BCUT2D eigenvalue weighted by Gasteiger charge is -2.42. The second kappa shape index (κ2) is 1.70. The fraction of sp³-hybridized carbons (Fsp3) is 1.00. The van der Waals surface area contributed by atoms with Crippen molar-refractivity contribution in [3.63, 3.8) is 0 Å². The minimum atomic E-state index is -0.0498. The molecule has 1 aliphatic carbocycles. The average molecular weight is 127 g/mol. The number of rotatable bonds is 0. The maximum atomic E-state index is 9.44. The highest BCUT2D eigenvalue weighted by Gasteiger charge is 2.45. The van der Waals surface area contributed by atoms with Gasteiger partial charge in [-0.3, -0.25) is 0 Å². The van der Waals surface area contributed by atoms with Crippen LogP contribution in [0.4, 0.5) is 0 Å². The summed E-state index contributed by atoms with van der Waals surface area (Å²) in [7, 11) is 0. The molecule has 2 aliphatic rings. The molecule has 0 amide bonds. The van der Waals surface area contributed by atoms with Gasteiger partial charge in [0.2, 0.25) is 0 Å². The Morgan fingerprint density at radius 3 is 2.44 bits per heavy atom. The van der Waals surface area contributed by atoms with Crippen LogP contribution in [0.25, 0.3) is 0 Å². The molecular weight excluding hydrogens is 114 g/mol. The van der Waals surface area contributed by atoms with E-state index >= 15 is 0 Å². The van der Waals surface area contributed by atoms with E-state index in [2.05, 4.69) is 5.32 Å². The minimum absolute atomic E-state index is 0.0498. The highest BCUT2D eigenvalue weighted by molar-refractivity contribution is 5.05. The van der Waals surface area contributed by atoms with E-state index in [0.29, 0.717) is 0 Å². The lowest BCUT2D eigenvalue weighted by atomic mass is 9.84. The Balaban J connectivity index is 2.09. The molecule has 1 saturated heterocycles. The Morgan fingerprint density at radius 1 is 1.44 bits per heavy atom.